The standard InChI is InChI=1S/C32H30N2O5/c1-3-19-38-26-18-17-22(20-27(26)37-4-2)29-28-30(39-34(29)23-13-6-5-7-14-23)32(36)33(31(28)35)25-16-10-12-21-11-8-9-15-24(21)25/h5-18,20,28-30H,3-4,19H2,1-2H3. The number of carbonyl (C=O) groups excluding carboxylic acids is 2. The molecule has 4 aromatic rings. The number of hydrogen-bond donors (Lipinski definition) is 0. The minimum Gasteiger partial charge on any atom is -0.490 e. The molecule has 0 aliphatic carbocycles. The first kappa shape index (κ1) is 24.9. The molecule has 198 valence electrons. The van der Waals surface area contributed by atoms with E-state index in [1.54, 1.807) is 5.06 Å². The Balaban J connectivity index is 1.44. The van der Waals surface area contributed by atoms with Gasteiger partial charge in [-0.05, 0) is 54.6 Å². The molecule has 6 rings (SSSR count). The lowest BCUT2D eigenvalue weighted by Gasteiger charge is -2.29. The zero-order valence-electron chi connectivity index (χ0n) is 21.9. The molecule has 3 unspecified atom stereocenters. The first-order valence-corrected chi connectivity index (χ1v) is 13.4. The predicted molar refractivity (Wildman–Crippen MR) is 150 cm³/mol. The summed E-state index contributed by atoms with van der Waals surface area (Å²) in [4.78, 5) is 35.6. The van der Waals surface area contributed by atoms with Gasteiger partial charge in [0, 0.05) is 5.39 Å². The quantitative estimate of drug-likeness (QED) is 0.261. The van der Waals surface area contributed by atoms with Crippen LogP contribution in [0.25, 0.3) is 10.8 Å². The molecule has 2 amide bonds. The van der Waals surface area contributed by atoms with Crippen molar-refractivity contribution in [3.63, 3.8) is 0 Å². The maximum atomic E-state index is 14.2. The molecule has 0 saturated carbocycles. The monoisotopic (exact) mass is 522 g/mol. The lowest BCUT2D eigenvalue weighted by Crippen LogP contribution is -2.37. The molecule has 2 saturated heterocycles. The Morgan fingerprint density at radius 2 is 1.56 bits per heavy atom. The third kappa shape index (κ3) is 4.29. The second kappa shape index (κ2) is 10.4. The van der Waals surface area contributed by atoms with Gasteiger partial charge in [-0.3, -0.25) is 14.4 Å². The van der Waals surface area contributed by atoms with E-state index in [-0.39, 0.29) is 11.8 Å². The summed E-state index contributed by atoms with van der Waals surface area (Å²) in [6.45, 7) is 5.00. The molecular formula is C32H30N2O5. The summed E-state index contributed by atoms with van der Waals surface area (Å²) >= 11 is 0. The molecule has 2 aliphatic heterocycles. The molecule has 0 radical (unpaired) electrons. The van der Waals surface area contributed by atoms with E-state index < -0.39 is 18.1 Å². The topological polar surface area (TPSA) is 68.3 Å². The van der Waals surface area contributed by atoms with Gasteiger partial charge in [-0.2, -0.15) is 0 Å². The number of anilines is 2. The van der Waals surface area contributed by atoms with E-state index in [0.29, 0.717) is 30.4 Å². The van der Waals surface area contributed by atoms with Crippen molar-refractivity contribution in [1.82, 2.24) is 0 Å². The van der Waals surface area contributed by atoms with E-state index in [2.05, 4.69) is 0 Å². The van der Waals surface area contributed by atoms with Crippen molar-refractivity contribution in [2.75, 3.05) is 23.2 Å². The SMILES string of the molecule is CCCOc1ccc(C2C3C(=O)N(c4cccc5ccccc45)C(=O)C3ON2c2ccccc2)cc1OCC. The maximum Gasteiger partial charge on any atom is 0.266 e. The summed E-state index contributed by atoms with van der Waals surface area (Å²) in [6.07, 6.45) is -0.0797. The number of hydroxylamine groups is 1. The van der Waals surface area contributed by atoms with Gasteiger partial charge in [0.2, 0.25) is 5.91 Å². The average molecular weight is 523 g/mol. The molecule has 2 heterocycles. The van der Waals surface area contributed by atoms with Crippen LogP contribution in [0.5, 0.6) is 11.5 Å². The number of hydrogen-bond acceptors (Lipinski definition) is 6. The van der Waals surface area contributed by atoms with Gasteiger partial charge in [0.25, 0.3) is 5.91 Å². The Kier molecular flexibility index (Phi) is 6.67. The van der Waals surface area contributed by atoms with Crippen molar-refractivity contribution in [1.29, 1.82) is 0 Å². The molecule has 0 bridgehead atoms. The Morgan fingerprint density at radius 1 is 0.795 bits per heavy atom. The fraction of sp³-hybridized carbons (Fsp3) is 0.250. The van der Waals surface area contributed by atoms with Gasteiger partial charge >= 0.3 is 0 Å². The highest BCUT2D eigenvalue weighted by Gasteiger charge is 2.60. The Hall–Kier alpha value is -4.36. The number of nitrogens with zero attached hydrogens (tertiary/aromatic N) is 2. The summed E-state index contributed by atoms with van der Waals surface area (Å²) in [5, 5.41) is 3.50. The molecule has 2 fully saturated rings. The molecule has 3 atom stereocenters. The molecule has 2 aliphatic rings. The van der Waals surface area contributed by atoms with Crippen molar-refractivity contribution in [2.45, 2.75) is 32.4 Å². The van der Waals surface area contributed by atoms with Crippen LogP contribution < -0.4 is 19.4 Å². The number of benzene rings is 4. The van der Waals surface area contributed by atoms with Gasteiger partial charge in [0.1, 0.15) is 5.92 Å². The summed E-state index contributed by atoms with van der Waals surface area (Å²) < 4.78 is 11.8. The Labute approximate surface area is 227 Å². The van der Waals surface area contributed by atoms with Gasteiger partial charge < -0.3 is 9.47 Å². The number of ether oxygens (including phenoxy) is 2. The normalized spacial score (nSPS) is 20.5. The van der Waals surface area contributed by atoms with Gasteiger partial charge in [-0.25, -0.2) is 9.96 Å². The molecule has 39 heavy (non-hydrogen) atoms. The first-order valence-electron chi connectivity index (χ1n) is 13.4. The maximum absolute atomic E-state index is 14.2. The first-order chi connectivity index (χ1) is 19.1. The molecular weight excluding hydrogens is 492 g/mol. The third-order valence-electron chi connectivity index (χ3n) is 7.20. The van der Waals surface area contributed by atoms with Crippen molar-refractivity contribution >= 4 is 34.0 Å². The second-order valence-electron chi connectivity index (χ2n) is 9.66. The zero-order valence-corrected chi connectivity index (χ0v) is 21.9. The number of para-hydroxylation sites is 1. The van der Waals surface area contributed by atoms with E-state index in [1.165, 1.54) is 4.90 Å². The number of rotatable bonds is 8. The molecule has 7 nitrogen and oxygen atoms in total. The van der Waals surface area contributed by atoms with Crippen LogP contribution in [0.1, 0.15) is 31.9 Å². The van der Waals surface area contributed by atoms with Crippen LogP contribution >= 0.6 is 0 Å². The summed E-state index contributed by atoms with van der Waals surface area (Å²) in [5.41, 5.74) is 2.14. The molecule has 0 N–H and O–H groups in total. The van der Waals surface area contributed by atoms with Crippen LogP contribution in [0.2, 0.25) is 0 Å². The highest BCUT2D eigenvalue weighted by Crippen LogP contribution is 2.49. The fourth-order valence-corrected chi connectivity index (χ4v) is 5.50. The van der Waals surface area contributed by atoms with Crippen molar-refractivity contribution in [3.05, 3.63) is 96.6 Å². The van der Waals surface area contributed by atoms with E-state index >= 15 is 0 Å². The summed E-state index contributed by atoms with van der Waals surface area (Å²) in [7, 11) is 0. The van der Waals surface area contributed by atoms with Crippen molar-refractivity contribution in [2.24, 2.45) is 5.92 Å². The van der Waals surface area contributed by atoms with Crippen LogP contribution in [0.4, 0.5) is 11.4 Å². The minimum absolute atomic E-state index is 0.283. The minimum atomic E-state index is -0.951. The lowest BCUT2D eigenvalue weighted by atomic mass is 9.90. The fourth-order valence-electron chi connectivity index (χ4n) is 5.50. The molecule has 0 aromatic heterocycles. The molecule has 0 spiro atoms. The predicted octanol–water partition coefficient (Wildman–Crippen LogP) is 6.08. The number of imide groups is 1. The smallest absolute Gasteiger partial charge is 0.266 e. The average Bonchev–Trinajstić information content (AvgIpc) is 3.48. The van der Waals surface area contributed by atoms with E-state index in [1.807, 2.05) is 105 Å². The lowest BCUT2D eigenvalue weighted by molar-refractivity contribution is -0.126. The van der Waals surface area contributed by atoms with E-state index in [4.69, 9.17) is 14.3 Å². The van der Waals surface area contributed by atoms with Crippen LogP contribution in [0.3, 0.4) is 0 Å². The van der Waals surface area contributed by atoms with Crippen LogP contribution in [0.15, 0.2) is 91.0 Å². The summed E-state index contributed by atoms with van der Waals surface area (Å²) in [6, 6.07) is 28.1. The second-order valence-corrected chi connectivity index (χ2v) is 9.66. The number of carbonyl (C=O) groups is 2. The van der Waals surface area contributed by atoms with Crippen LogP contribution in [0, 0.1) is 5.92 Å². The molecule has 4 aromatic carbocycles. The van der Waals surface area contributed by atoms with Gasteiger partial charge in [0.15, 0.2) is 17.6 Å². The largest absolute Gasteiger partial charge is 0.490 e. The van der Waals surface area contributed by atoms with Crippen molar-refractivity contribution in [3.8, 4) is 11.5 Å². The number of fused-ring (bicyclic) bond motifs is 2. The summed E-state index contributed by atoms with van der Waals surface area (Å²) in [5.74, 6) is -0.140. The van der Waals surface area contributed by atoms with Gasteiger partial charge in [0.05, 0.1) is 30.6 Å². The Bertz CT molecular complexity index is 1520. The van der Waals surface area contributed by atoms with Crippen molar-refractivity contribution < 1.29 is 23.9 Å². The van der Waals surface area contributed by atoms with Gasteiger partial charge in [-0.1, -0.05) is 67.6 Å². The van der Waals surface area contributed by atoms with E-state index in [0.717, 1.165) is 28.4 Å². The highest BCUT2D eigenvalue weighted by atomic mass is 16.7. The Morgan fingerprint density at radius 3 is 2.36 bits per heavy atom. The van der Waals surface area contributed by atoms with Crippen LogP contribution in [-0.2, 0) is 14.4 Å². The number of amides is 2. The molecule has 7 heteroatoms. The van der Waals surface area contributed by atoms with Crippen LogP contribution in [-0.4, -0.2) is 31.1 Å². The zero-order chi connectivity index (χ0) is 26.9. The third-order valence-corrected chi connectivity index (χ3v) is 7.20. The highest BCUT2D eigenvalue weighted by molar-refractivity contribution is 6.26. The van der Waals surface area contributed by atoms with E-state index in [9.17, 15) is 9.59 Å². The van der Waals surface area contributed by atoms with Gasteiger partial charge in [-0.15, -0.1) is 0 Å².